The molecule has 4 aromatic carbocycles. The van der Waals surface area contributed by atoms with E-state index in [1.54, 1.807) is 31.2 Å². The van der Waals surface area contributed by atoms with Crippen molar-refractivity contribution in [1.29, 1.82) is 0 Å². The highest BCUT2D eigenvalue weighted by molar-refractivity contribution is 9.10. The first-order valence-electron chi connectivity index (χ1n) is 13.2. The van der Waals surface area contributed by atoms with Crippen LogP contribution in [0.1, 0.15) is 22.3 Å². The van der Waals surface area contributed by atoms with E-state index in [0.717, 1.165) is 23.3 Å². The highest BCUT2D eigenvalue weighted by atomic mass is 79.9. The van der Waals surface area contributed by atoms with Crippen LogP contribution < -0.4 is 19.2 Å². The molecule has 1 N–H and O–H groups in total. The number of aryl methyl sites for hydroxylation is 1. The van der Waals surface area contributed by atoms with Crippen molar-refractivity contribution in [2.75, 3.05) is 18.0 Å². The Balaban J connectivity index is 1.55. The number of nitrogens with one attached hydrogen (secondary N) is 1. The van der Waals surface area contributed by atoms with Crippen LogP contribution in [-0.4, -0.2) is 34.2 Å². The molecule has 0 aromatic heterocycles. The summed E-state index contributed by atoms with van der Waals surface area (Å²) in [5.74, 6) is -0.157. The van der Waals surface area contributed by atoms with Crippen LogP contribution in [0.15, 0.2) is 93.3 Å². The van der Waals surface area contributed by atoms with Crippen molar-refractivity contribution in [3.63, 3.8) is 0 Å². The predicted octanol–water partition coefficient (Wildman–Crippen LogP) is 8.02. The van der Waals surface area contributed by atoms with Gasteiger partial charge in [0.15, 0.2) is 11.5 Å². The minimum atomic E-state index is -4.87. The molecule has 0 fully saturated rings. The molecule has 0 saturated carbocycles. The first-order chi connectivity index (χ1) is 21.7. The molecule has 0 aliphatic heterocycles. The van der Waals surface area contributed by atoms with Crippen molar-refractivity contribution < 1.29 is 35.9 Å². The lowest BCUT2D eigenvalue weighted by Crippen LogP contribution is -2.39. The monoisotopic (exact) mass is 757 g/mol. The summed E-state index contributed by atoms with van der Waals surface area (Å²) in [6.45, 7) is 1.08. The summed E-state index contributed by atoms with van der Waals surface area (Å²) in [7, 11) is -3.05. The van der Waals surface area contributed by atoms with E-state index >= 15 is 0 Å². The standard InChI is InChI=1S/C31H25BrCl2F3N3O5S/c1-19-3-10-24(11-4-19)46(42,43)40(23-9-12-27(34)25(15-23)31(35,36)37)17-29(41)39-38-16-21-13-26(32)30(28(14-21)44-2)45-18-20-5-7-22(33)8-6-20/h3-16H,17-18H2,1-2H3,(H,39,41)/b38-16-. The minimum Gasteiger partial charge on any atom is -0.493 e. The van der Waals surface area contributed by atoms with E-state index in [1.807, 2.05) is 12.1 Å². The summed E-state index contributed by atoms with van der Waals surface area (Å²) < 4.78 is 80.4. The fourth-order valence-electron chi connectivity index (χ4n) is 4.07. The van der Waals surface area contributed by atoms with Gasteiger partial charge in [0.2, 0.25) is 0 Å². The first-order valence-corrected chi connectivity index (χ1v) is 16.2. The van der Waals surface area contributed by atoms with Crippen molar-refractivity contribution in [1.82, 2.24) is 5.43 Å². The number of carbonyl (C=O) groups excluding carboxylic acids is 1. The van der Waals surface area contributed by atoms with Crippen molar-refractivity contribution in [3.05, 3.63) is 116 Å². The molecule has 242 valence electrons. The van der Waals surface area contributed by atoms with Crippen LogP contribution in [0.25, 0.3) is 0 Å². The summed E-state index contributed by atoms with van der Waals surface area (Å²) in [6, 6.07) is 18.6. The van der Waals surface area contributed by atoms with E-state index in [0.29, 0.717) is 36.9 Å². The second-order valence-corrected chi connectivity index (χ2v) is 13.3. The maximum absolute atomic E-state index is 13.6. The summed E-state index contributed by atoms with van der Waals surface area (Å²) in [5.41, 5.74) is 2.65. The van der Waals surface area contributed by atoms with Crippen LogP contribution in [0.3, 0.4) is 0 Å². The molecule has 0 spiro atoms. The predicted molar refractivity (Wildman–Crippen MR) is 174 cm³/mol. The van der Waals surface area contributed by atoms with Gasteiger partial charge in [0.25, 0.3) is 15.9 Å². The van der Waals surface area contributed by atoms with Crippen LogP contribution in [0, 0.1) is 6.92 Å². The molecule has 0 heterocycles. The summed E-state index contributed by atoms with van der Waals surface area (Å²) in [5, 5.41) is 3.87. The molecular weight excluding hydrogens is 734 g/mol. The normalized spacial score (nSPS) is 11.8. The molecule has 0 atom stereocenters. The zero-order valence-electron chi connectivity index (χ0n) is 24.1. The van der Waals surface area contributed by atoms with Crippen molar-refractivity contribution >= 4 is 67.0 Å². The Bertz CT molecular complexity index is 1860. The Morgan fingerprint density at radius 1 is 1.02 bits per heavy atom. The number of anilines is 1. The number of alkyl halides is 3. The highest BCUT2D eigenvalue weighted by Crippen LogP contribution is 2.39. The van der Waals surface area contributed by atoms with E-state index in [4.69, 9.17) is 32.7 Å². The van der Waals surface area contributed by atoms with Crippen molar-refractivity contribution in [2.24, 2.45) is 5.10 Å². The molecule has 1 amide bonds. The Morgan fingerprint density at radius 2 is 1.70 bits per heavy atom. The Labute approximate surface area is 281 Å². The topological polar surface area (TPSA) is 97.3 Å². The second kappa shape index (κ2) is 14.8. The van der Waals surface area contributed by atoms with Gasteiger partial charge in [-0.05, 0) is 88.6 Å². The van der Waals surface area contributed by atoms with E-state index in [-0.39, 0.29) is 11.5 Å². The molecular formula is C31H25BrCl2F3N3O5S. The number of benzene rings is 4. The van der Waals surface area contributed by atoms with Crippen LogP contribution in [-0.2, 0) is 27.6 Å². The molecule has 0 unspecified atom stereocenters. The maximum atomic E-state index is 13.6. The summed E-state index contributed by atoms with van der Waals surface area (Å²) in [4.78, 5) is 12.7. The number of halogens is 6. The number of amides is 1. The second-order valence-electron chi connectivity index (χ2n) is 9.73. The molecule has 0 radical (unpaired) electrons. The molecule has 15 heteroatoms. The lowest BCUT2D eigenvalue weighted by atomic mass is 10.2. The van der Waals surface area contributed by atoms with Crippen LogP contribution in [0.5, 0.6) is 11.5 Å². The first kappa shape index (κ1) is 35.1. The molecule has 46 heavy (non-hydrogen) atoms. The van der Waals surface area contributed by atoms with Gasteiger partial charge in [-0.2, -0.15) is 18.3 Å². The smallest absolute Gasteiger partial charge is 0.417 e. The highest BCUT2D eigenvalue weighted by Gasteiger charge is 2.35. The fourth-order valence-corrected chi connectivity index (χ4v) is 6.41. The SMILES string of the molecule is COc1cc(/C=N\NC(=O)CN(c2ccc(Cl)c(C(F)(F)F)c2)S(=O)(=O)c2ccc(C)cc2)cc(Br)c1OCc1ccc(Cl)cc1. The molecule has 0 saturated heterocycles. The van der Waals surface area contributed by atoms with Gasteiger partial charge in [-0.3, -0.25) is 9.10 Å². The van der Waals surface area contributed by atoms with Crippen molar-refractivity contribution in [2.45, 2.75) is 24.6 Å². The summed E-state index contributed by atoms with van der Waals surface area (Å²) >= 11 is 15.1. The van der Waals surface area contributed by atoms with Crippen LogP contribution in [0.4, 0.5) is 18.9 Å². The maximum Gasteiger partial charge on any atom is 0.417 e. The van der Waals surface area contributed by atoms with Gasteiger partial charge in [-0.15, -0.1) is 0 Å². The van der Waals surface area contributed by atoms with Crippen LogP contribution >= 0.6 is 39.1 Å². The largest absolute Gasteiger partial charge is 0.493 e. The number of hydrogen-bond donors (Lipinski definition) is 1. The number of hydrazone groups is 1. The van der Waals surface area contributed by atoms with Gasteiger partial charge >= 0.3 is 6.18 Å². The van der Waals surface area contributed by atoms with Gasteiger partial charge in [-0.25, -0.2) is 13.8 Å². The molecule has 4 rings (SSSR count). The minimum absolute atomic E-state index is 0.228. The third kappa shape index (κ3) is 8.72. The zero-order valence-corrected chi connectivity index (χ0v) is 28.0. The molecule has 8 nitrogen and oxygen atoms in total. The fraction of sp³-hybridized carbons (Fsp3) is 0.161. The Morgan fingerprint density at radius 3 is 2.33 bits per heavy atom. The van der Waals surface area contributed by atoms with Gasteiger partial charge in [0.05, 0.1) is 39.0 Å². The molecule has 0 bridgehead atoms. The van der Waals surface area contributed by atoms with Gasteiger partial charge in [0.1, 0.15) is 13.2 Å². The van der Waals surface area contributed by atoms with E-state index in [1.165, 1.54) is 37.6 Å². The van der Waals surface area contributed by atoms with Gasteiger partial charge in [-0.1, -0.05) is 53.0 Å². The van der Waals surface area contributed by atoms with Gasteiger partial charge in [0, 0.05) is 5.02 Å². The molecule has 4 aromatic rings. The third-order valence-corrected chi connectivity index (χ3v) is 9.35. The van der Waals surface area contributed by atoms with Gasteiger partial charge < -0.3 is 9.47 Å². The molecule has 0 aliphatic carbocycles. The number of nitrogens with zero attached hydrogens (tertiary/aromatic N) is 2. The third-order valence-electron chi connectivity index (χ3n) is 6.39. The summed E-state index contributed by atoms with van der Waals surface area (Å²) in [6.07, 6.45) is -3.60. The van der Waals surface area contributed by atoms with Crippen LogP contribution in [0.2, 0.25) is 10.0 Å². The average molecular weight is 759 g/mol. The number of rotatable bonds is 11. The average Bonchev–Trinajstić information content (AvgIpc) is 3.00. The number of carbonyl (C=O) groups is 1. The molecule has 0 aliphatic rings. The quantitative estimate of drug-likeness (QED) is 0.124. The number of hydrogen-bond acceptors (Lipinski definition) is 6. The lowest BCUT2D eigenvalue weighted by molar-refractivity contribution is -0.137. The van der Waals surface area contributed by atoms with E-state index < -0.39 is 44.9 Å². The zero-order chi connectivity index (χ0) is 33.6. The van der Waals surface area contributed by atoms with E-state index in [2.05, 4.69) is 26.5 Å². The number of methoxy groups -OCH3 is 1. The van der Waals surface area contributed by atoms with Crippen molar-refractivity contribution in [3.8, 4) is 11.5 Å². The Kier molecular flexibility index (Phi) is 11.3. The number of sulfonamides is 1. The number of ether oxygens (including phenoxy) is 2. The van der Waals surface area contributed by atoms with E-state index in [9.17, 15) is 26.4 Å². The lowest BCUT2D eigenvalue weighted by Gasteiger charge is -2.25. The Hall–Kier alpha value is -3.78.